The van der Waals surface area contributed by atoms with Crippen LogP contribution in [0.5, 0.6) is 0 Å². The number of aromatic nitrogens is 2. The molecule has 1 aliphatic carbocycles. The van der Waals surface area contributed by atoms with Crippen LogP contribution in [0.15, 0.2) is 41.8 Å². The number of aryl methyl sites for hydroxylation is 1. The molecule has 0 saturated carbocycles. The molecule has 1 N–H and O–H groups in total. The van der Waals surface area contributed by atoms with E-state index in [0.29, 0.717) is 12.8 Å². The van der Waals surface area contributed by atoms with Gasteiger partial charge in [0.2, 0.25) is 5.91 Å². The van der Waals surface area contributed by atoms with Gasteiger partial charge in [-0.25, -0.2) is 10.4 Å². The molecule has 0 spiro atoms. The van der Waals surface area contributed by atoms with Crippen LogP contribution in [0.2, 0.25) is 0 Å². The molecule has 1 aromatic carbocycles. The van der Waals surface area contributed by atoms with Crippen molar-refractivity contribution in [3.05, 3.63) is 53.6 Å². The van der Waals surface area contributed by atoms with E-state index in [9.17, 15) is 4.79 Å². The Kier molecular flexibility index (Phi) is 3.99. The van der Waals surface area contributed by atoms with Gasteiger partial charge in [-0.3, -0.25) is 4.79 Å². The van der Waals surface area contributed by atoms with Crippen LogP contribution >= 0.6 is 0 Å². The van der Waals surface area contributed by atoms with Crippen molar-refractivity contribution in [2.75, 3.05) is 0 Å². The summed E-state index contributed by atoms with van der Waals surface area (Å²) in [6, 6.07) is 8.45. The molecule has 2 aliphatic rings. The van der Waals surface area contributed by atoms with Crippen molar-refractivity contribution in [1.29, 1.82) is 0 Å². The topological polar surface area (TPSA) is 59.3 Å². The molecule has 0 saturated heterocycles. The molecule has 0 radical (unpaired) electrons. The monoisotopic (exact) mass is 320 g/mol. The van der Waals surface area contributed by atoms with Crippen LogP contribution in [0.25, 0.3) is 11.8 Å². The van der Waals surface area contributed by atoms with Gasteiger partial charge >= 0.3 is 0 Å². The molecule has 1 aliphatic heterocycles. The first-order valence-electron chi connectivity index (χ1n) is 8.48. The lowest BCUT2D eigenvalue weighted by molar-refractivity contribution is -0.121. The lowest BCUT2D eigenvalue weighted by Gasteiger charge is -2.14. The third-order valence-electron chi connectivity index (χ3n) is 4.60. The van der Waals surface area contributed by atoms with E-state index in [1.165, 1.54) is 24.2 Å². The second-order valence-corrected chi connectivity index (χ2v) is 6.28. The van der Waals surface area contributed by atoms with Crippen LogP contribution in [0, 0.1) is 0 Å². The zero-order valence-electron chi connectivity index (χ0n) is 13.5. The Morgan fingerprint density at radius 2 is 1.83 bits per heavy atom. The minimum Gasteiger partial charge on any atom is -0.303 e. The van der Waals surface area contributed by atoms with Crippen molar-refractivity contribution < 1.29 is 4.79 Å². The average Bonchev–Trinajstić information content (AvgIpc) is 3.06. The van der Waals surface area contributed by atoms with E-state index in [1.807, 2.05) is 18.5 Å². The van der Waals surface area contributed by atoms with Crippen LogP contribution < -0.4 is 5.43 Å². The fraction of sp³-hybridized carbons (Fsp3) is 0.316. The summed E-state index contributed by atoms with van der Waals surface area (Å²) in [7, 11) is 0. The molecular weight excluding hydrogens is 300 g/mol. The summed E-state index contributed by atoms with van der Waals surface area (Å²) >= 11 is 0. The zero-order chi connectivity index (χ0) is 16.4. The molecule has 0 bridgehead atoms. The number of allylic oxidation sites excluding steroid dienone is 1. The predicted octanol–water partition coefficient (Wildman–Crippen LogP) is 3.03. The van der Waals surface area contributed by atoms with Crippen LogP contribution in [-0.4, -0.2) is 21.2 Å². The van der Waals surface area contributed by atoms with Crippen LogP contribution in [0.1, 0.15) is 42.6 Å². The highest BCUT2D eigenvalue weighted by atomic mass is 16.2. The van der Waals surface area contributed by atoms with E-state index >= 15 is 0 Å². The SMILES string of the molecule is O=C1CCC(/C=C/c2ccc(-n3cnc4c3CCCC4)cc2)=NN1. The second kappa shape index (κ2) is 6.43. The number of fused-ring (bicyclic) bond motifs is 1. The predicted molar refractivity (Wildman–Crippen MR) is 94.1 cm³/mol. The Labute approximate surface area is 141 Å². The number of nitrogens with one attached hydrogen (secondary N) is 1. The number of amides is 1. The first kappa shape index (κ1) is 14.9. The minimum atomic E-state index is -0.0137. The molecule has 0 fully saturated rings. The molecule has 2 heterocycles. The Balaban J connectivity index is 1.51. The molecule has 0 unspecified atom stereocenters. The van der Waals surface area contributed by atoms with Gasteiger partial charge in [-0.15, -0.1) is 0 Å². The maximum absolute atomic E-state index is 11.1. The Hall–Kier alpha value is -2.69. The molecule has 24 heavy (non-hydrogen) atoms. The van der Waals surface area contributed by atoms with E-state index in [-0.39, 0.29) is 5.91 Å². The van der Waals surface area contributed by atoms with E-state index in [4.69, 9.17) is 0 Å². The minimum absolute atomic E-state index is 0.0137. The van der Waals surface area contributed by atoms with Gasteiger partial charge < -0.3 is 4.57 Å². The van der Waals surface area contributed by atoms with Gasteiger partial charge in [0.25, 0.3) is 0 Å². The molecule has 2 aromatic rings. The Morgan fingerprint density at radius 1 is 1.00 bits per heavy atom. The van der Waals surface area contributed by atoms with Crippen molar-refractivity contribution in [2.45, 2.75) is 38.5 Å². The van der Waals surface area contributed by atoms with E-state index in [2.05, 4.69) is 44.3 Å². The Morgan fingerprint density at radius 3 is 2.62 bits per heavy atom. The largest absolute Gasteiger partial charge is 0.303 e. The normalized spacial score (nSPS) is 17.5. The summed E-state index contributed by atoms with van der Waals surface area (Å²) in [5.74, 6) is -0.0137. The van der Waals surface area contributed by atoms with Crippen molar-refractivity contribution >= 4 is 17.7 Å². The summed E-state index contributed by atoms with van der Waals surface area (Å²) in [6.45, 7) is 0. The van der Waals surface area contributed by atoms with Gasteiger partial charge in [-0.05, 0) is 49.5 Å². The first-order chi connectivity index (χ1) is 11.8. The highest BCUT2D eigenvalue weighted by Gasteiger charge is 2.15. The summed E-state index contributed by atoms with van der Waals surface area (Å²) < 4.78 is 2.21. The summed E-state index contributed by atoms with van der Waals surface area (Å²) in [4.78, 5) is 15.6. The zero-order valence-corrected chi connectivity index (χ0v) is 13.5. The molecule has 1 aromatic heterocycles. The Bertz CT molecular complexity index is 814. The van der Waals surface area contributed by atoms with Crippen molar-refractivity contribution in [2.24, 2.45) is 5.10 Å². The smallest absolute Gasteiger partial charge is 0.240 e. The molecule has 0 atom stereocenters. The standard InChI is InChI=1S/C19H20N4O/c24-19-12-9-15(21-22-19)8-5-14-6-10-16(11-7-14)23-13-20-17-3-1-2-4-18(17)23/h5-8,10-11,13H,1-4,9,12H2,(H,22,24)/b8-5+. The van der Waals surface area contributed by atoms with Gasteiger partial charge in [-0.1, -0.05) is 18.2 Å². The lowest BCUT2D eigenvalue weighted by atomic mass is 10.0. The first-order valence-corrected chi connectivity index (χ1v) is 8.48. The number of carbonyl (C=O) groups excluding carboxylic acids is 1. The maximum atomic E-state index is 11.1. The fourth-order valence-corrected chi connectivity index (χ4v) is 3.24. The summed E-state index contributed by atoms with van der Waals surface area (Å²) in [5.41, 5.74) is 8.30. The van der Waals surface area contributed by atoms with Crippen molar-refractivity contribution in [3.63, 3.8) is 0 Å². The van der Waals surface area contributed by atoms with E-state index < -0.39 is 0 Å². The number of imidazole rings is 1. The number of hydrogen-bond donors (Lipinski definition) is 1. The van der Waals surface area contributed by atoms with Crippen molar-refractivity contribution in [1.82, 2.24) is 15.0 Å². The highest BCUT2D eigenvalue weighted by molar-refractivity contribution is 6.02. The molecule has 5 heteroatoms. The third kappa shape index (κ3) is 3.02. The van der Waals surface area contributed by atoms with Gasteiger partial charge in [0.15, 0.2) is 0 Å². The van der Waals surface area contributed by atoms with Crippen LogP contribution in [0.3, 0.4) is 0 Å². The number of carbonyl (C=O) groups is 1. The van der Waals surface area contributed by atoms with Gasteiger partial charge in [0, 0.05) is 24.2 Å². The van der Waals surface area contributed by atoms with Gasteiger partial charge in [-0.2, -0.15) is 5.10 Å². The number of rotatable bonds is 3. The number of hydrazone groups is 1. The van der Waals surface area contributed by atoms with Crippen molar-refractivity contribution in [3.8, 4) is 5.69 Å². The molecule has 122 valence electrons. The number of hydrogen-bond acceptors (Lipinski definition) is 3. The quantitative estimate of drug-likeness (QED) is 0.945. The summed E-state index contributed by atoms with van der Waals surface area (Å²) in [6.07, 6.45) is 11.9. The maximum Gasteiger partial charge on any atom is 0.240 e. The molecule has 1 amide bonds. The average molecular weight is 320 g/mol. The fourth-order valence-electron chi connectivity index (χ4n) is 3.24. The van der Waals surface area contributed by atoms with E-state index in [0.717, 1.165) is 29.8 Å². The molecule has 5 nitrogen and oxygen atoms in total. The summed E-state index contributed by atoms with van der Waals surface area (Å²) in [5, 5.41) is 4.05. The van der Waals surface area contributed by atoms with Gasteiger partial charge in [0.1, 0.15) is 0 Å². The highest BCUT2D eigenvalue weighted by Crippen LogP contribution is 2.23. The van der Waals surface area contributed by atoms with E-state index in [1.54, 1.807) is 0 Å². The number of benzene rings is 1. The molecule has 4 rings (SSSR count). The van der Waals surface area contributed by atoms with Gasteiger partial charge in [0.05, 0.1) is 17.7 Å². The van der Waals surface area contributed by atoms with Crippen LogP contribution in [0.4, 0.5) is 0 Å². The lowest BCUT2D eigenvalue weighted by Crippen LogP contribution is -2.24. The molecular formula is C19H20N4O. The number of nitrogens with zero attached hydrogens (tertiary/aromatic N) is 3. The second-order valence-electron chi connectivity index (χ2n) is 6.28. The van der Waals surface area contributed by atoms with Crippen LogP contribution in [-0.2, 0) is 17.6 Å². The third-order valence-corrected chi connectivity index (χ3v) is 4.60.